The summed E-state index contributed by atoms with van der Waals surface area (Å²) < 4.78 is 0. The fourth-order valence-corrected chi connectivity index (χ4v) is 3.08. The Bertz CT molecular complexity index is 817. The van der Waals surface area contributed by atoms with Gasteiger partial charge in [-0.2, -0.15) is 0 Å². The lowest BCUT2D eigenvalue weighted by molar-refractivity contribution is 0.664. The van der Waals surface area contributed by atoms with Crippen molar-refractivity contribution in [2.24, 2.45) is 5.73 Å². The van der Waals surface area contributed by atoms with Crippen LogP contribution in [0.2, 0.25) is 10.0 Å². The molecule has 0 amide bonds. The smallest absolute Gasteiger partial charge is 0.107 e. The monoisotopic (exact) mass is 383 g/mol. The Balaban J connectivity index is 1.90. The molecule has 4 N–H and O–H groups in total. The molecule has 3 aromatic rings. The summed E-state index contributed by atoms with van der Waals surface area (Å²) in [5.74, 6) is 0.0188. The maximum Gasteiger partial charge on any atom is 0.107 e. The van der Waals surface area contributed by atoms with Crippen LogP contribution in [-0.2, 0) is 0 Å². The van der Waals surface area contributed by atoms with Gasteiger partial charge in [0.25, 0.3) is 0 Å². The SMILES string of the molecule is N=C(NC(N)c1ccccc1)C(c1ccc(Cl)cc1)c1ccc(Cl)cc1. The minimum absolute atomic E-state index is 0.292. The molecule has 26 heavy (non-hydrogen) atoms. The average molecular weight is 384 g/mol. The Labute approximate surface area is 163 Å². The van der Waals surface area contributed by atoms with Gasteiger partial charge in [0.05, 0.1) is 5.92 Å². The molecule has 0 aromatic heterocycles. The highest BCUT2D eigenvalue weighted by Gasteiger charge is 2.21. The van der Waals surface area contributed by atoms with Gasteiger partial charge >= 0.3 is 0 Å². The minimum Gasteiger partial charge on any atom is -0.354 e. The fraction of sp³-hybridized carbons (Fsp3) is 0.0952. The normalized spacial score (nSPS) is 12.0. The summed E-state index contributed by atoms with van der Waals surface area (Å²) >= 11 is 12.0. The first kappa shape index (κ1) is 18.5. The molecule has 0 saturated heterocycles. The number of rotatable bonds is 5. The van der Waals surface area contributed by atoms with Gasteiger partial charge in [-0.3, -0.25) is 5.41 Å². The minimum atomic E-state index is -0.467. The molecule has 5 heteroatoms. The quantitative estimate of drug-likeness (QED) is 0.316. The third-order valence-corrected chi connectivity index (χ3v) is 4.67. The largest absolute Gasteiger partial charge is 0.354 e. The highest BCUT2D eigenvalue weighted by Crippen LogP contribution is 2.28. The van der Waals surface area contributed by atoms with Crippen molar-refractivity contribution in [2.75, 3.05) is 0 Å². The third kappa shape index (κ3) is 4.44. The van der Waals surface area contributed by atoms with Crippen LogP contribution in [0.5, 0.6) is 0 Å². The van der Waals surface area contributed by atoms with Crippen molar-refractivity contribution in [3.63, 3.8) is 0 Å². The molecule has 0 spiro atoms. The lowest BCUT2D eigenvalue weighted by Gasteiger charge is -2.24. The van der Waals surface area contributed by atoms with Gasteiger partial charge in [0, 0.05) is 10.0 Å². The predicted octanol–water partition coefficient (Wildman–Crippen LogP) is 5.35. The molecular formula is C21H19Cl2N3. The summed E-state index contributed by atoms with van der Waals surface area (Å²) in [6, 6.07) is 24.6. The van der Waals surface area contributed by atoms with Gasteiger partial charge < -0.3 is 11.1 Å². The van der Waals surface area contributed by atoms with Crippen LogP contribution in [0.15, 0.2) is 78.9 Å². The van der Waals surface area contributed by atoms with Crippen molar-refractivity contribution < 1.29 is 0 Å². The molecular weight excluding hydrogens is 365 g/mol. The Morgan fingerprint density at radius 3 is 1.65 bits per heavy atom. The van der Waals surface area contributed by atoms with Crippen molar-refractivity contribution >= 4 is 29.0 Å². The van der Waals surface area contributed by atoms with E-state index in [-0.39, 0.29) is 5.92 Å². The van der Waals surface area contributed by atoms with E-state index >= 15 is 0 Å². The molecule has 0 radical (unpaired) electrons. The Kier molecular flexibility index (Phi) is 5.94. The zero-order valence-electron chi connectivity index (χ0n) is 14.0. The second-order valence-electron chi connectivity index (χ2n) is 5.98. The van der Waals surface area contributed by atoms with Gasteiger partial charge in [-0.1, -0.05) is 77.8 Å². The van der Waals surface area contributed by atoms with Crippen LogP contribution >= 0.6 is 23.2 Å². The van der Waals surface area contributed by atoms with Crippen LogP contribution in [-0.4, -0.2) is 5.84 Å². The number of nitrogens with one attached hydrogen (secondary N) is 2. The standard InChI is InChI=1S/C21H19Cl2N3/c22-17-10-6-14(7-11-17)19(15-8-12-18(23)13-9-15)21(25)26-20(24)16-4-2-1-3-5-16/h1-13,19-20H,24H2,(H2,25,26). The van der Waals surface area contributed by atoms with Crippen molar-refractivity contribution in [3.05, 3.63) is 106 Å². The van der Waals surface area contributed by atoms with Gasteiger partial charge in [0.2, 0.25) is 0 Å². The van der Waals surface area contributed by atoms with E-state index in [0.29, 0.717) is 15.9 Å². The first-order valence-electron chi connectivity index (χ1n) is 8.21. The van der Waals surface area contributed by atoms with Gasteiger partial charge in [-0.05, 0) is 41.0 Å². The van der Waals surface area contributed by atoms with Crippen LogP contribution in [0.3, 0.4) is 0 Å². The summed E-state index contributed by atoms with van der Waals surface area (Å²) in [7, 11) is 0. The maximum absolute atomic E-state index is 8.65. The summed E-state index contributed by atoms with van der Waals surface area (Å²) in [6.45, 7) is 0. The van der Waals surface area contributed by atoms with Crippen LogP contribution in [0.25, 0.3) is 0 Å². The van der Waals surface area contributed by atoms with E-state index in [2.05, 4.69) is 5.32 Å². The van der Waals surface area contributed by atoms with Crippen molar-refractivity contribution in [2.45, 2.75) is 12.1 Å². The summed E-state index contributed by atoms with van der Waals surface area (Å²) in [5, 5.41) is 13.1. The lowest BCUT2D eigenvalue weighted by atomic mass is 9.90. The van der Waals surface area contributed by atoms with Crippen molar-refractivity contribution in [1.82, 2.24) is 5.32 Å². The summed E-state index contributed by atoms with van der Waals surface area (Å²) in [6.07, 6.45) is -0.467. The molecule has 0 heterocycles. The number of amidine groups is 1. The molecule has 3 nitrogen and oxygen atoms in total. The Morgan fingerprint density at radius 2 is 1.19 bits per heavy atom. The van der Waals surface area contributed by atoms with E-state index in [0.717, 1.165) is 16.7 Å². The number of benzene rings is 3. The van der Waals surface area contributed by atoms with Crippen LogP contribution in [0.1, 0.15) is 28.8 Å². The lowest BCUT2D eigenvalue weighted by Crippen LogP contribution is -2.37. The number of hydrogen-bond donors (Lipinski definition) is 3. The summed E-state index contributed by atoms with van der Waals surface area (Å²) in [5.41, 5.74) is 9.07. The molecule has 0 aliphatic carbocycles. The molecule has 1 atom stereocenters. The van der Waals surface area contributed by atoms with E-state index < -0.39 is 6.17 Å². The molecule has 0 fully saturated rings. The Hall–Kier alpha value is -2.33. The molecule has 0 aliphatic rings. The van der Waals surface area contributed by atoms with E-state index in [1.165, 1.54) is 0 Å². The molecule has 0 aliphatic heterocycles. The van der Waals surface area contributed by atoms with Gasteiger partial charge in [0.15, 0.2) is 0 Å². The van der Waals surface area contributed by atoms with Gasteiger partial charge in [-0.15, -0.1) is 0 Å². The highest BCUT2D eigenvalue weighted by atomic mass is 35.5. The van der Waals surface area contributed by atoms with Crippen LogP contribution < -0.4 is 11.1 Å². The zero-order valence-corrected chi connectivity index (χ0v) is 15.5. The van der Waals surface area contributed by atoms with Crippen molar-refractivity contribution in [3.8, 4) is 0 Å². The topological polar surface area (TPSA) is 61.9 Å². The number of halogens is 2. The average Bonchev–Trinajstić information content (AvgIpc) is 2.66. The van der Waals surface area contributed by atoms with Crippen LogP contribution in [0, 0.1) is 5.41 Å². The third-order valence-electron chi connectivity index (χ3n) is 4.17. The first-order chi connectivity index (χ1) is 12.5. The zero-order chi connectivity index (χ0) is 18.5. The van der Waals surface area contributed by atoms with E-state index in [4.69, 9.17) is 34.3 Å². The van der Waals surface area contributed by atoms with Crippen molar-refractivity contribution in [1.29, 1.82) is 5.41 Å². The second-order valence-corrected chi connectivity index (χ2v) is 6.86. The van der Waals surface area contributed by atoms with E-state index in [1.54, 1.807) is 0 Å². The van der Waals surface area contributed by atoms with Crippen LogP contribution in [0.4, 0.5) is 0 Å². The highest BCUT2D eigenvalue weighted by molar-refractivity contribution is 6.30. The fourth-order valence-electron chi connectivity index (χ4n) is 2.83. The molecule has 3 rings (SSSR count). The van der Waals surface area contributed by atoms with E-state index in [9.17, 15) is 0 Å². The van der Waals surface area contributed by atoms with E-state index in [1.807, 2.05) is 78.9 Å². The maximum atomic E-state index is 8.65. The molecule has 0 bridgehead atoms. The summed E-state index contributed by atoms with van der Waals surface area (Å²) in [4.78, 5) is 0. The predicted molar refractivity (Wildman–Crippen MR) is 109 cm³/mol. The second kappa shape index (κ2) is 8.37. The Morgan fingerprint density at radius 1 is 0.731 bits per heavy atom. The number of hydrogen-bond acceptors (Lipinski definition) is 2. The molecule has 1 unspecified atom stereocenters. The van der Waals surface area contributed by atoms with Gasteiger partial charge in [0.1, 0.15) is 12.0 Å². The first-order valence-corrected chi connectivity index (χ1v) is 8.96. The van der Waals surface area contributed by atoms with Gasteiger partial charge in [-0.25, -0.2) is 0 Å². The number of nitrogens with two attached hydrogens (primary N) is 1. The molecule has 132 valence electrons. The molecule has 3 aromatic carbocycles. The molecule has 0 saturated carbocycles.